The number of alkyl halides is 3. The van der Waals surface area contributed by atoms with Crippen LogP contribution < -0.4 is 0 Å². The minimum absolute atomic E-state index is 0.304. The molecule has 1 saturated carbocycles. The van der Waals surface area contributed by atoms with Gasteiger partial charge in [0.1, 0.15) is 0 Å². The van der Waals surface area contributed by atoms with Crippen molar-refractivity contribution >= 4 is 12.0 Å². The zero-order chi connectivity index (χ0) is 17.4. The van der Waals surface area contributed by atoms with Gasteiger partial charge >= 0.3 is 6.18 Å². The third kappa shape index (κ3) is 3.38. The van der Waals surface area contributed by atoms with Gasteiger partial charge in [0.05, 0.1) is 17.4 Å². The smallest absolute Gasteiger partial charge is 0.366 e. The minimum Gasteiger partial charge on any atom is -0.366 e. The lowest BCUT2D eigenvalue weighted by atomic mass is 9.74. The fourth-order valence-corrected chi connectivity index (χ4v) is 3.01. The molecule has 0 saturated heterocycles. The maximum Gasteiger partial charge on any atom is 0.398 e. The van der Waals surface area contributed by atoms with Gasteiger partial charge in [-0.05, 0) is 69.2 Å². The molecule has 5 heteroatoms. The van der Waals surface area contributed by atoms with E-state index in [1.165, 1.54) is 6.92 Å². The Morgan fingerprint density at radius 1 is 1.22 bits per heavy atom. The molecular formula is C18H25F3N2. The first-order valence-electron chi connectivity index (χ1n) is 8.04. The van der Waals surface area contributed by atoms with Crippen molar-refractivity contribution < 1.29 is 13.2 Å². The van der Waals surface area contributed by atoms with Crippen LogP contribution in [0.5, 0.6) is 0 Å². The van der Waals surface area contributed by atoms with Gasteiger partial charge < -0.3 is 4.90 Å². The van der Waals surface area contributed by atoms with Crippen LogP contribution in [0.2, 0.25) is 0 Å². The Bertz CT molecular complexity index is 603. The van der Waals surface area contributed by atoms with Crippen LogP contribution in [0.15, 0.2) is 17.1 Å². The number of rotatable bonds is 5. The van der Waals surface area contributed by atoms with E-state index in [2.05, 4.69) is 4.99 Å². The molecule has 0 radical (unpaired) electrons. The van der Waals surface area contributed by atoms with Crippen molar-refractivity contribution in [2.24, 2.45) is 10.9 Å². The number of aryl methyl sites for hydroxylation is 2. The highest BCUT2D eigenvalue weighted by Gasteiger charge is 2.60. The summed E-state index contributed by atoms with van der Waals surface area (Å²) in [6, 6.07) is 3.46. The molecule has 128 valence electrons. The van der Waals surface area contributed by atoms with Crippen LogP contribution >= 0.6 is 0 Å². The molecule has 1 fully saturated rings. The van der Waals surface area contributed by atoms with Crippen molar-refractivity contribution in [2.45, 2.75) is 52.1 Å². The Labute approximate surface area is 136 Å². The number of aliphatic imine (C=N–C) groups is 1. The molecular weight excluding hydrogens is 301 g/mol. The Kier molecular flexibility index (Phi) is 4.79. The predicted octanol–water partition coefficient (Wildman–Crippen LogP) is 5.14. The molecule has 1 aliphatic rings. The average molecular weight is 326 g/mol. The summed E-state index contributed by atoms with van der Waals surface area (Å²) in [6.45, 7) is 7.76. The number of hydrogen-bond donors (Lipinski definition) is 0. The summed E-state index contributed by atoms with van der Waals surface area (Å²) in [6.07, 6.45) is -1.23. The normalized spacial score (nSPS) is 18.3. The van der Waals surface area contributed by atoms with Crippen LogP contribution in [0.1, 0.15) is 43.4 Å². The predicted molar refractivity (Wildman–Crippen MR) is 88.5 cm³/mol. The molecule has 0 aromatic heterocycles. The summed E-state index contributed by atoms with van der Waals surface area (Å²) in [5.41, 5.74) is 0.806. The SMILES string of the molecule is CCN(C)/C=N/c1cc(C)c(C(C)(C2CC2)C(F)(F)F)cc1C. The third-order valence-electron chi connectivity index (χ3n) is 4.98. The summed E-state index contributed by atoms with van der Waals surface area (Å²) in [4.78, 5) is 6.33. The quantitative estimate of drug-likeness (QED) is 0.540. The number of halogens is 3. The van der Waals surface area contributed by atoms with Gasteiger partial charge in [0.15, 0.2) is 0 Å². The van der Waals surface area contributed by atoms with E-state index in [-0.39, 0.29) is 5.92 Å². The highest BCUT2D eigenvalue weighted by atomic mass is 19.4. The van der Waals surface area contributed by atoms with Gasteiger partial charge in [0.25, 0.3) is 0 Å². The molecule has 1 unspecified atom stereocenters. The Hall–Kier alpha value is -1.52. The lowest BCUT2D eigenvalue weighted by Gasteiger charge is -2.34. The summed E-state index contributed by atoms with van der Waals surface area (Å²) in [5, 5.41) is 0. The molecule has 2 nitrogen and oxygen atoms in total. The maximum absolute atomic E-state index is 13.8. The van der Waals surface area contributed by atoms with Gasteiger partial charge in [-0.2, -0.15) is 13.2 Å². The summed E-state index contributed by atoms with van der Waals surface area (Å²) < 4.78 is 41.3. The second kappa shape index (κ2) is 6.17. The van der Waals surface area contributed by atoms with E-state index < -0.39 is 11.6 Å². The van der Waals surface area contributed by atoms with E-state index >= 15 is 0 Å². The first-order chi connectivity index (χ1) is 10.6. The second-order valence-corrected chi connectivity index (χ2v) is 6.75. The van der Waals surface area contributed by atoms with Crippen LogP contribution in [0.4, 0.5) is 18.9 Å². The van der Waals surface area contributed by atoms with Crippen LogP contribution in [-0.4, -0.2) is 31.0 Å². The fourth-order valence-electron chi connectivity index (χ4n) is 3.01. The van der Waals surface area contributed by atoms with E-state index in [1.807, 2.05) is 25.8 Å². The Balaban J connectivity index is 2.45. The number of hydrogen-bond acceptors (Lipinski definition) is 1. The van der Waals surface area contributed by atoms with E-state index in [9.17, 15) is 13.2 Å². The van der Waals surface area contributed by atoms with E-state index in [0.717, 1.165) is 17.8 Å². The molecule has 0 bridgehead atoms. The fraction of sp³-hybridized carbons (Fsp3) is 0.611. The van der Waals surface area contributed by atoms with E-state index in [0.29, 0.717) is 24.0 Å². The van der Waals surface area contributed by atoms with Crippen LogP contribution in [-0.2, 0) is 5.41 Å². The topological polar surface area (TPSA) is 15.6 Å². The van der Waals surface area contributed by atoms with Crippen LogP contribution in [0.3, 0.4) is 0 Å². The van der Waals surface area contributed by atoms with Crippen molar-refractivity contribution in [3.05, 3.63) is 28.8 Å². The minimum atomic E-state index is -4.24. The summed E-state index contributed by atoms with van der Waals surface area (Å²) in [7, 11) is 1.91. The van der Waals surface area contributed by atoms with Gasteiger partial charge in [-0.1, -0.05) is 6.07 Å². The van der Waals surface area contributed by atoms with Gasteiger partial charge in [-0.25, -0.2) is 4.99 Å². The molecule has 2 rings (SSSR count). The first kappa shape index (κ1) is 17.8. The average Bonchev–Trinajstić information content (AvgIpc) is 3.30. The van der Waals surface area contributed by atoms with E-state index in [4.69, 9.17) is 0 Å². The van der Waals surface area contributed by atoms with Gasteiger partial charge in [-0.3, -0.25) is 0 Å². The van der Waals surface area contributed by atoms with Crippen molar-refractivity contribution in [1.82, 2.24) is 4.90 Å². The number of nitrogens with zero attached hydrogens (tertiary/aromatic N) is 2. The molecule has 0 aliphatic heterocycles. The molecule has 1 aliphatic carbocycles. The maximum atomic E-state index is 13.8. The molecule has 0 heterocycles. The molecule has 23 heavy (non-hydrogen) atoms. The third-order valence-corrected chi connectivity index (χ3v) is 4.98. The van der Waals surface area contributed by atoms with Gasteiger partial charge in [-0.15, -0.1) is 0 Å². The zero-order valence-corrected chi connectivity index (χ0v) is 14.5. The standard InChI is InChI=1S/C18H25F3N2/c1-6-23(5)11-22-16-10-12(2)15(9-13(16)3)17(4,14-7-8-14)18(19,20)21/h9-11,14H,6-8H2,1-5H3/b22-11+. The highest BCUT2D eigenvalue weighted by molar-refractivity contribution is 5.64. The summed E-state index contributed by atoms with van der Waals surface area (Å²) in [5.74, 6) is -0.304. The van der Waals surface area contributed by atoms with Crippen LogP contribution in [0, 0.1) is 19.8 Å². The highest BCUT2D eigenvalue weighted by Crippen LogP contribution is 2.56. The second-order valence-electron chi connectivity index (χ2n) is 6.75. The molecule has 1 atom stereocenters. The Morgan fingerprint density at radius 3 is 2.30 bits per heavy atom. The monoisotopic (exact) mass is 326 g/mol. The molecule has 0 amide bonds. The molecule has 1 aromatic rings. The largest absolute Gasteiger partial charge is 0.398 e. The van der Waals surface area contributed by atoms with Crippen molar-refractivity contribution in [3.8, 4) is 0 Å². The zero-order valence-electron chi connectivity index (χ0n) is 14.5. The van der Waals surface area contributed by atoms with Crippen molar-refractivity contribution in [2.75, 3.05) is 13.6 Å². The lowest BCUT2D eigenvalue weighted by molar-refractivity contribution is -0.192. The van der Waals surface area contributed by atoms with Gasteiger partial charge in [0.2, 0.25) is 0 Å². The lowest BCUT2D eigenvalue weighted by Crippen LogP contribution is -2.42. The van der Waals surface area contributed by atoms with Gasteiger partial charge in [0, 0.05) is 13.6 Å². The van der Waals surface area contributed by atoms with Crippen molar-refractivity contribution in [3.63, 3.8) is 0 Å². The van der Waals surface area contributed by atoms with Crippen molar-refractivity contribution in [1.29, 1.82) is 0 Å². The summed E-state index contributed by atoms with van der Waals surface area (Å²) >= 11 is 0. The van der Waals surface area contributed by atoms with Crippen LogP contribution in [0.25, 0.3) is 0 Å². The number of benzene rings is 1. The molecule has 0 N–H and O–H groups in total. The molecule has 0 spiro atoms. The Morgan fingerprint density at radius 2 is 1.83 bits per heavy atom. The first-order valence-corrected chi connectivity index (χ1v) is 8.04. The molecule has 1 aromatic carbocycles. The van der Waals surface area contributed by atoms with E-state index in [1.54, 1.807) is 25.4 Å².